The van der Waals surface area contributed by atoms with Gasteiger partial charge in [0.1, 0.15) is 5.82 Å². The number of ether oxygens (including phenoxy) is 1. The first kappa shape index (κ1) is 23.4. The standard InChI is InChI=1S/C29H31N7O/c1-34-12-3-5-21(18-34)19-37-29-33-26(22-9-7-20(16-30)8-10-22)25(28-31-11-14-36(28)29)24-15-23-6-4-13-35(2)27(23)32-17-24/h7-11,14-15,17,21H,3-6,12-13,18-19H2,1-2H3/t21-/m1/s1. The molecular formula is C29H31N7O. The van der Waals surface area contributed by atoms with Gasteiger partial charge in [-0.2, -0.15) is 10.2 Å². The van der Waals surface area contributed by atoms with E-state index < -0.39 is 0 Å². The van der Waals surface area contributed by atoms with E-state index in [4.69, 9.17) is 19.7 Å². The van der Waals surface area contributed by atoms with Gasteiger partial charge in [0.15, 0.2) is 5.65 Å². The highest BCUT2D eigenvalue weighted by Gasteiger charge is 2.24. The van der Waals surface area contributed by atoms with Gasteiger partial charge >= 0.3 is 6.01 Å². The third-order valence-electron chi connectivity index (χ3n) is 7.51. The molecule has 0 saturated carbocycles. The SMILES string of the molecule is CN1CCC[C@@H](COc2nc(-c3ccc(C#N)cc3)c(-c3cnc4c(c3)CCCN4C)c3nccn23)C1. The van der Waals surface area contributed by atoms with Crippen molar-refractivity contribution < 1.29 is 4.74 Å². The maximum Gasteiger partial charge on any atom is 0.302 e. The third kappa shape index (κ3) is 4.51. The van der Waals surface area contributed by atoms with Gasteiger partial charge in [0.05, 0.1) is 29.5 Å². The summed E-state index contributed by atoms with van der Waals surface area (Å²) in [6, 6.07) is 12.5. The van der Waals surface area contributed by atoms with Crippen molar-refractivity contribution in [2.45, 2.75) is 25.7 Å². The number of piperidine rings is 1. The summed E-state index contributed by atoms with van der Waals surface area (Å²) in [7, 11) is 4.26. The Morgan fingerprint density at radius 2 is 1.95 bits per heavy atom. The summed E-state index contributed by atoms with van der Waals surface area (Å²) in [4.78, 5) is 19.2. The number of pyridine rings is 1. The molecule has 188 valence electrons. The molecule has 3 aromatic heterocycles. The molecular weight excluding hydrogens is 462 g/mol. The number of likely N-dealkylation sites (tertiary alicyclic amines) is 1. The summed E-state index contributed by atoms with van der Waals surface area (Å²) < 4.78 is 8.32. The van der Waals surface area contributed by atoms with Crippen LogP contribution in [0.3, 0.4) is 0 Å². The van der Waals surface area contributed by atoms with Crippen molar-refractivity contribution in [3.05, 3.63) is 60.0 Å². The third-order valence-corrected chi connectivity index (χ3v) is 7.51. The average molecular weight is 494 g/mol. The molecule has 1 atom stereocenters. The topological polar surface area (TPSA) is 82.6 Å². The second-order valence-corrected chi connectivity index (χ2v) is 10.2. The van der Waals surface area contributed by atoms with Gasteiger partial charge in [-0.15, -0.1) is 0 Å². The Morgan fingerprint density at radius 1 is 1.08 bits per heavy atom. The molecule has 1 fully saturated rings. The summed E-state index contributed by atoms with van der Waals surface area (Å²) >= 11 is 0. The minimum absolute atomic E-state index is 0.471. The molecule has 8 nitrogen and oxygen atoms in total. The van der Waals surface area contributed by atoms with Crippen LogP contribution in [0, 0.1) is 17.2 Å². The van der Waals surface area contributed by atoms with Crippen LogP contribution in [0.25, 0.3) is 28.0 Å². The Bertz CT molecular complexity index is 1470. The van der Waals surface area contributed by atoms with Gasteiger partial charge in [-0.05, 0) is 63.0 Å². The monoisotopic (exact) mass is 493 g/mol. The van der Waals surface area contributed by atoms with Gasteiger partial charge in [0.25, 0.3) is 0 Å². The zero-order valence-corrected chi connectivity index (χ0v) is 21.4. The highest BCUT2D eigenvalue weighted by Crippen LogP contribution is 2.38. The van der Waals surface area contributed by atoms with E-state index in [9.17, 15) is 5.26 Å². The van der Waals surface area contributed by atoms with Crippen molar-refractivity contribution in [3.8, 4) is 34.5 Å². The number of benzene rings is 1. The minimum atomic E-state index is 0.471. The number of aromatic nitrogens is 4. The number of rotatable bonds is 5. The molecule has 0 unspecified atom stereocenters. The summed E-state index contributed by atoms with van der Waals surface area (Å²) in [6.45, 7) is 3.81. The summed E-state index contributed by atoms with van der Waals surface area (Å²) in [5.74, 6) is 1.51. The molecule has 4 aromatic rings. The van der Waals surface area contributed by atoms with E-state index in [2.05, 4.69) is 36.0 Å². The molecule has 8 heteroatoms. The highest BCUT2D eigenvalue weighted by molar-refractivity contribution is 5.90. The van der Waals surface area contributed by atoms with Crippen molar-refractivity contribution in [2.75, 3.05) is 45.2 Å². The normalized spacial score (nSPS) is 18.0. The quantitative estimate of drug-likeness (QED) is 0.407. The largest absolute Gasteiger partial charge is 0.464 e. The van der Waals surface area contributed by atoms with E-state index in [0.717, 1.165) is 72.7 Å². The lowest BCUT2D eigenvalue weighted by Gasteiger charge is -2.29. The Kier molecular flexibility index (Phi) is 6.23. The average Bonchev–Trinajstić information content (AvgIpc) is 3.41. The van der Waals surface area contributed by atoms with Crippen LogP contribution in [0.1, 0.15) is 30.4 Å². The van der Waals surface area contributed by atoms with E-state index in [1.54, 1.807) is 6.20 Å². The molecule has 2 aliphatic heterocycles. The van der Waals surface area contributed by atoms with Crippen LogP contribution in [0.15, 0.2) is 48.9 Å². The zero-order valence-electron chi connectivity index (χ0n) is 21.4. The molecule has 5 heterocycles. The summed E-state index contributed by atoms with van der Waals surface area (Å²) in [5, 5.41) is 9.32. The number of nitriles is 1. The maximum atomic E-state index is 9.32. The Hall–Kier alpha value is -3.96. The van der Waals surface area contributed by atoms with E-state index >= 15 is 0 Å². The van der Waals surface area contributed by atoms with E-state index in [0.29, 0.717) is 24.1 Å². The number of hydrogen-bond donors (Lipinski definition) is 0. The highest BCUT2D eigenvalue weighted by atomic mass is 16.5. The van der Waals surface area contributed by atoms with Gasteiger partial charge in [-0.3, -0.25) is 4.40 Å². The molecule has 1 aromatic carbocycles. The van der Waals surface area contributed by atoms with E-state index in [-0.39, 0.29) is 0 Å². The molecule has 0 N–H and O–H groups in total. The maximum absolute atomic E-state index is 9.32. The first-order chi connectivity index (χ1) is 18.1. The van der Waals surface area contributed by atoms with E-state index in [1.807, 2.05) is 41.1 Å². The molecule has 37 heavy (non-hydrogen) atoms. The predicted molar refractivity (Wildman–Crippen MR) is 144 cm³/mol. The number of fused-ring (bicyclic) bond motifs is 2. The van der Waals surface area contributed by atoms with Crippen LogP contribution in [0.4, 0.5) is 5.82 Å². The van der Waals surface area contributed by atoms with Crippen molar-refractivity contribution >= 4 is 11.5 Å². The second-order valence-electron chi connectivity index (χ2n) is 10.2. The number of hydrogen-bond acceptors (Lipinski definition) is 7. The van der Waals surface area contributed by atoms with Crippen LogP contribution in [-0.4, -0.2) is 64.6 Å². The van der Waals surface area contributed by atoms with Gasteiger partial charge < -0.3 is 14.5 Å². The zero-order chi connectivity index (χ0) is 25.4. The molecule has 0 aliphatic carbocycles. The lowest BCUT2D eigenvalue weighted by molar-refractivity contribution is 0.143. The van der Waals surface area contributed by atoms with Crippen LogP contribution in [0.2, 0.25) is 0 Å². The minimum Gasteiger partial charge on any atom is -0.464 e. The van der Waals surface area contributed by atoms with Crippen LogP contribution in [0.5, 0.6) is 6.01 Å². The van der Waals surface area contributed by atoms with Gasteiger partial charge in [-0.1, -0.05) is 12.1 Å². The Balaban J connectivity index is 1.47. The predicted octanol–water partition coefficient (Wildman–Crippen LogP) is 4.43. The molecule has 0 spiro atoms. The number of anilines is 1. The van der Waals surface area contributed by atoms with Gasteiger partial charge in [0.2, 0.25) is 0 Å². The van der Waals surface area contributed by atoms with Crippen molar-refractivity contribution in [3.63, 3.8) is 0 Å². The molecule has 0 amide bonds. The second kappa shape index (κ2) is 9.83. The lowest BCUT2D eigenvalue weighted by Crippen LogP contribution is -2.35. The first-order valence-corrected chi connectivity index (χ1v) is 13.0. The Morgan fingerprint density at radius 3 is 2.76 bits per heavy atom. The smallest absolute Gasteiger partial charge is 0.302 e. The van der Waals surface area contributed by atoms with Gasteiger partial charge in [0, 0.05) is 55.8 Å². The fraction of sp³-hybridized carbons (Fsp3) is 0.379. The molecule has 0 radical (unpaired) electrons. The lowest BCUT2D eigenvalue weighted by atomic mass is 9.97. The van der Waals surface area contributed by atoms with Crippen LogP contribution >= 0.6 is 0 Å². The molecule has 1 saturated heterocycles. The first-order valence-electron chi connectivity index (χ1n) is 13.0. The molecule has 6 rings (SSSR count). The van der Waals surface area contributed by atoms with Crippen molar-refractivity contribution in [1.29, 1.82) is 5.26 Å². The van der Waals surface area contributed by atoms with Crippen LogP contribution in [-0.2, 0) is 6.42 Å². The fourth-order valence-corrected chi connectivity index (χ4v) is 5.61. The fourth-order valence-electron chi connectivity index (χ4n) is 5.61. The van der Waals surface area contributed by atoms with Crippen LogP contribution < -0.4 is 9.64 Å². The van der Waals surface area contributed by atoms with Crippen molar-refractivity contribution in [2.24, 2.45) is 5.92 Å². The Labute approximate surface area is 217 Å². The number of nitrogens with zero attached hydrogens (tertiary/aromatic N) is 7. The van der Waals surface area contributed by atoms with Crippen molar-refractivity contribution in [1.82, 2.24) is 24.3 Å². The summed E-state index contributed by atoms with van der Waals surface area (Å²) in [5.41, 5.74) is 6.24. The molecule has 0 bridgehead atoms. The summed E-state index contributed by atoms with van der Waals surface area (Å²) in [6.07, 6.45) is 10.1. The molecule has 2 aliphatic rings. The van der Waals surface area contributed by atoms with E-state index in [1.165, 1.54) is 12.0 Å². The number of imidazole rings is 1. The van der Waals surface area contributed by atoms with Gasteiger partial charge in [-0.25, -0.2) is 9.97 Å². The number of aryl methyl sites for hydroxylation is 1.